The van der Waals surface area contributed by atoms with Crippen molar-refractivity contribution in [3.05, 3.63) is 67.1 Å². The molecule has 28 heavy (non-hydrogen) atoms. The van der Waals surface area contributed by atoms with Crippen LogP contribution in [0.1, 0.15) is 23.0 Å². The molecule has 0 spiro atoms. The first-order chi connectivity index (χ1) is 13.4. The molecular weight excluding hydrogens is 374 g/mol. The number of allylic oxidation sites excluding steroid dienone is 1. The predicted octanol–water partition coefficient (Wildman–Crippen LogP) is 0.987. The number of ether oxygens (including phenoxy) is 3. The summed E-state index contributed by atoms with van der Waals surface area (Å²) in [6, 6.07) is 5.34. The Labute approximate surface area is 155 Å². The second-order valence-corrected chi connectivity index (χ2v) is 5.87. The number of benzene rings is 1. The average molecular weight is 385 g/mol. The highest BCUT2D eigenvalue weighted by molar-refractivity contribution is 5.63. The molecule has 11 nitrogen and oxygen atoms in total. The maximum absolute atomic E-state index is 12.3. The molecule has 1 atom stereocenters. The molecule has 0 saturated carbocycles. The minimum atomic E-state index is -1.22. The Balaban J connectivity index is 2.05. The highest BCUT2D eigenvalue weighted by atomic mass is 16.7. The molecule has 2 aliphatic rings. The maximum atomic E-state index is 12.3. The van der Waals surface area contributed by atoms with E-state index < -0.39 is 22.9 Å². The number of nitrogens with two attached hydrogens (primary N) is 1. The molecule has 0 fully saturated rings. The smallest absolute Gasteiger partial charge is 0.277 e. The fraction of sp³-hybridized carbons (Fsp3) is 0.176. The molecule has 3 N–H and O–H groups in total. The van der Waals surface area contributed by atoms with Crippen molar-refractivity contribution < 1.29 is 28.7 Å². The number of nitro groups is 1. The number of aliphatic hydroxyl groups excluding tert-OH is 1. The summed E-state index contributed by atoms with van der Waals surface area (Å²) in [7, 11) is 0. The highest BCUT2D eigenvalue weighted by Crippen LogP contribution is 2.47. The summed E-state index contributed by atoms with van der Waals surface area (Å²) in [5, 5.41) is 30.6. The third kappa shape index (κ3) is 2.51. The van der Waals surface area contributed by atoms with E-state index in [-0.39, 0.29) is 58.3 Å². The van der Waals surface area contributed by atoms with Gasteiger partial charge in [-0.3, -0.25) is 14.9 Å². The van der Waals surface area contributed by atoms with E-state index >= 15 is 0 Å². The van der Waals surface area contributed by atoms with E-state index in [0.29, 0.717) is 0 Å². The Morgan fingerprint density at radius 3 is 2.68 bits per heavy atom. The van der Waals surface area contributed by atoms with Crippen molar-refractivity contribution in [2.45, 2.75) is 12.5 Å². The van der Waals surface area contributed by atoms with Crippen LogP contribution < -0.4 is 25.4 Å². The van der Waals surface area contributed by atoms with Crippen LogP contribution in [0.25, 0.3) is 0 Å². The van der Waals surface area contributed by atoms with Crippen LogP contribution in [0.4, 0.5) is 5.69 Å². The summed E-state index contributed by atoms with van der Waals surface area (Å²) in [5.41, 5.74) is 4.56. The van der Waals surface area contributed by atoms with Crippen molar-refractivity contribution in [3.63, 3.8) is 0 Å². The van der Waals surface area contributed by atoms with Gasteiger partial charge in [0, 0.05) is 11.6 Å². The Morgan fingerprint density at radius 2 is 2.04 bits per heavy atom. The first kappa shape index (κ1) is 17.4. The van der Waals surface area contributed by atoms with Crippen molar-refractivity contribution in [3.8, 4) is 23.3 Å². The lowest BCUT2D eigenvalue weighted by Crippen LogP contribution is -2.25. The van der Waals surface area contributed by atoms with Crippen LogP contribution in [0.2, 0.25) is 0 Å². The molecule has 11 heteroatoms. The van der Waals surface area contributed by atoms with Crippen LogP contribution in [0.3, 0.4) is 0 Å². The minimum absolute atomic E-state index is 0.00320. The zero-order valence-corrected chi connectivity index (χ0v) is 14.0. The molecule has 142 valence electrons. The van der Waals surface area contributed by atoms with Crippen LogP contribution in [0, 0.1) is 21.4 Å². The maximum Gasteiger partial charge on any atom is 0.277 e. The van der Waals surface area contributed by atoms with E-state index in [1.54, 1.807) is 0 Å². The lowest BCUT2D eigenvalue weighted by Gasteiger charge is -2.24. The van der Waals surface area contributed by atoms with Crippen LogP contribution in [0.15, 0.2) is 38.9 Å². The first-order valence-electron chi connectivity index (χ1n) is 7.88. The summed E-state index contributed by atoms with van der Waals surface area (Å²) in [4.78, 5) is 23.3. The number of nitro benzene ring substituents is 1. The number of nitriles is 1. The topological polar surface area (TPSA) is 171 Å². The minimum Gasteiger partial charge on any atom is -0.458 e. The van der Waals surface area contributed by atoms with Gasteiger partial charge in [0.2, 0.25) is 23.9 Å². The van der Waals surface area contributed by atoms with Gasteiger partial charge in [-0.15, -0.1) is 0 Å². The van der Waals surface area contributed by atoms with Crippen molar-refractivity contribution >= 4 is 5.69 Å². The first-order valence-corrected chi connectivity index (χ1v) is 7.88. The molecule has 4 rings (SSSR count). The molecule has 0 aliphatic carbocycles. The van der Waals surface area contributed by atoms with Gasteiger partial charge in [-0.2, -0.15) is 5.26 Å². The summed E-state index contributed by atoms with van der Waals surface area (Å²) in [6.45, 7) is -0.716. The normalized spacial score (nSPS) is 16.9. The van der Waals surface area contributed by atoms with Gasteiger partial charge in [0.05, 0.1) is 16.9 Å². The fourth-order valence-electron chi connectivity index (χ4n) is 3.11. The van der Waals surface area contributed by atoms with Gasteiger partial charge in [-0.1, -0.05) is 0 Å². The van der Waals surface area contributed by atoms with Gasteiger partial charge < -0.3 is 29.5 Å². The molecule has 2 aliphatic heterocycles. The van der Waals surface area contributed by atoms with E-state index in [9.17, 15) is 25.3 Å². The number of rotatable bonds is 3. The fourth-order valence-corrected chi connectivity index (χ4v) is 3.11. The lowest BCUT2D eigenvalue weighted by molar-refractivity contribution is -0.385. The Bertz CT molecular complexity index is 1140. The van der Waals surface area contributed by atoms with E-state index in [1.165, 1.54) is 6.07 Å². The lowest BCUT2D eigenvalue weighted by atomic mass is 9.86. The monoisotopic (exact) mass is 385 g/mol. The van der Waals surface area contributed by atoms with Gasteiger partial charge in [-0.05, 0) is 6.07 Å². The molecule has 2 aromatic rings. The van der Waals surface area contributed by atoms with E-state index in [4.69, 9.17) is 24.4 Å². The van der Waals surface area contributed by atoms with Gasteiger partial charge in [0.15, 0.2) is 17.3 Å². The summed E-state index contributed by atoms with van der Waals surface area (Å²) >= 11 is 0. The van der Waals surface area contributed by atoms with Crippen LogP contribution >= 0.6 is 0 Å². The zero-order valence-electron chi connectivity index (χ0n) is 14.0. The molecule has 0 amide bonds. The number of nitrogens with zero attached hydrogens (tertiary/aromatic N) is 2. The standard InChI is InChI=1S/C17H11N3O8/c18-4-9-14(8-2-12-13(26-6-25-12)3-10(8)20(23)24)16-15(28-17(9)19)11(22)1-7(5-21)27-16/h1-3,14,21H,5-6,19H2. The largest absolute Gasteiger partial charge is 0.458 e. The van der Waals surface area contributed by atoms with Crippen molar-refractivity contribution in [2.24, 2.45) is 5.73 Å². The highest BCUT2D eigenvalue weighted by Gasteiger charge is 2.40. The molecule has 1 aromatic carbocycles. The second-order valence-electron chi connectivity index (χ2n) is 5.87. The second kappa shape index (κ2) is 6.29. The van der Waals surface area contributed by atoms with Gasteiger partial charge in [0.1, 0.15) is 24.0 Å². The number of hydrogen-bond acceptors (Lipinski definition) is 10. The van der Waals surface area contributed by atoms with Crippen LogP contribution in [-0.4, -0.2) is 16.8 Å². The number of fused-ring (bicyclic) bond motifs is 2. The quantitative estimate of drug-likeness (QED) is 0.573. The van der Waals surface area contributed by atoms with E-state index in [0.717, 1.165) is 12.1 Å². The number of hydrogen-bond donors (Lipinski definition) is 2. The Hall–Kier alpha value is -4.04. The van der Waals surface area contributed by atoms with Gasteiger partial charge in [-0.25, -0.2) is 0 Å². The van der Waals surface area contributed by atoms with Crippen molar-refractivity contribution in [1.82, 2.24) is 0 Å². The predicted molar refractivity (Wildman–Crippen MR) is 89.4 cm³/mol. The van der Waals surface area contributed by atoms with Gasteiger partial charge in [0.25, 0.3) is 5.69 Å². The number of aliphatic hydroxyl groups is 1. The molecule has 1 unspecified atom stereocenters. The van der Waals surface area contributed by atoms with E-state index in [1.807, 2.05) is 6.07 Å². The molecule has 1 aromatic heterocycles. The average Bonchev–Trinajstić information content (AvgIpc) is 3.13. The third-order valence-corrected chi connectivity index (χ3v) is 4.31. The molecule has 0 bridgehead atoms. The van der Waals surface area contributed by atoms with E-state index in [2.05, 4.69) is 0 Å². The molecule has 3 heterocycles. The Kier molecular flexibility index (Phi) is 3.90. The Morgan fingerprint density at radius 1 is 1.32 bits per heavy atom. The van der Waals surface area contributed by atoms with Crippen LogP contribution in [0.5, 0.6) is 17.2 Å². The molecule has 0 saturated heterocycles. The zero-order chi connectivity index (χ0) is 20.0. The molecular formula is C17H11N3O8. The van der Waals surface area contributed by atoms with Gasteiger partial charge >= 0.3 is 0 Å². The summed E-state index contributed by atoms with van der Waals surface area (Å²) in [5.74, 6) is -1.79. The third-order valence-electron chi connectivity index (χ3n) is 4.31. The SMILES string of the molecule is N#CC1=C(N)Oc2c(oc(CO)cc2=O)C1c1cc2c(cc1[N+](=O)[O-])OCO2. The van der Waals surface area contributed by atoms with Crippen LogP contribution in [-0.2, 0) is 6.61 Å². The summed E-state index contributed by atoms with van der Waals surface area (Å²) < 4.78 is 21.2. The van der Waals surface area contributed by atoms with Crippen molar-refractivity contribution in [1.29, 1.82) is 5.26 Å². The van der Waals surface area contributed by atoms with Crippen molar-refractivity contribution in [2.75, 3.05) is 6.79 Å². The summed E-state index contributed by atoms with van der Waals surface area (Å²) in [6.07, 6.45) is 0. The molecule has 0 radical (unpaired) electrons.